The Bertz CT molecular complexity index is 182. The van der Waals surface area contributed by atoms with E-state index < -0.39 is 0 Å². The van der Waals surface area contributed by atoms with Gasteiger partial charge in [0.25, 0.3) is 0 Å². The molecule has 0 N–H and O–H groups in total. The minimum atomic E-state index is 0.528. The smallest absolute Gasteiger partial charge is 0.0603 e. The quantitative estimate of drug-likeness (QED) is 0.690. The number of hydrogen-bond donors (Lipinski definition) is 1. The average molecular weight is 244 g/mol. The normalized spacial score (nSPS) is 28.3. The molecule has 0 bridgehead atoms. The van der Waals surface area contributed by atoms with Crippen molar-refractivity contribution in [1.29, 1.82) is 0 Å². The molecule has 0 aliphatic heterocycles. The highest BCUT2D eigenvalue weighted by atomic mass is 32.1. The minimum absolute atomic E-state index is 0.528. The van der Waals surface area contributed by atoms with Crippen LogP contribution in [0.25, 0.3) is 0 Å². The molecule has 2 heteroatoms. The zero-order valence-electron chi connectivity index (χ0n) is 11.1. The Morgan fingerprint density at radius 2 is 1.94 bits per heavy atom. The maximum Gasteiger partial charge on any atom is 0.0603 e. The van der Waals surface area contributed by atoms with Gasteiger partial charge in [-0.25, -0.2) is 0 Å². The van der Waals surface area contributed by atoms with Crippen LogP contribution in [0.4, 0.5) is 0 Å². The summed E-state index contributed by atoms with van der Waals surface area (Å²) in [6, 6.07) is 0. The van der Waals surface area contributed by atoms with E-state index in [9.17, 15) is 0 Å². The lowest BCUT2D eigenvalue weighted by atomic mass is 9.84. The Labute approximate surface area is 107 Å². The predicted molar refractivity (Wildman–Crippen MR) is 74.2 cm³/mol. The molecule has 0 heterocycles. The Morgan fingerprint density at radius 3 is 2.50 bits per heavy atom. The molecule has 0 saturated heterocycles. The number of hydrogen-bond acceptors (Lipinski definition) is 2. The fourth-order valence-corrected chi connectivity index (χ4v) is 3.09. The Morgan fingerprint density at radius 1 is 1.25 bits per heavy atom. The molecule has 1 saturated carbocycles. The van der Waals surface area contributed by atoms with Gasteiger partial charge in [-0.05, 0) is 36.3 Å². The lowest BCUT2D eigenvalue weighted by Gasteiger charge is -2.32. The maximum absolute atomic E-state index is 6.15. The summed E-state index contributed by atoms with van der Waals surface area (Å²) in [7, 11) is 0. The summed E-state index contributed by atoms with van der Waals surface area (Å²) in [5, 5.41) is 0. The van der Waals surface area contributed by atoms with Crippen molar-refractivity contribution in [3.63, 3.8) is 0 Å². The molecule has 1 aliphatic carbocycles. The number of rotatable bonds is 6. The number of thiol groups is 1. The zero-order chi connectivity index (χ0) is 12.0. The van der Waals surface area contributed by atoms with Gasteiger partial charge in [0.15, 0.2) is 0 Å². The molecule has 1 fully saturated rings. The van der Waals surface area contributed by atoms with Crippen molar-refractivity contribution in [2.75, 3.05) is 12.4 Å². The lowest BCUT2D eigenvalue weighted by molar-refractivity contribution is -0.0306. The highest BCUT2D eigenvalue weighted by Gasteiger charge is 2.25. The first-order valence-corrected chi connectivity index (χ1v) is 7.54. The largest absolute Gasteiger partial charge is 0.378 e. The SMILES string of the molecule is CCC1CCCCC1OCC(CS)C(C)C. The average Bonchev–Trinajstić information content (AvgIpc) is 2.30. The molecule has 0 aromatic rings. The molecule has 3 atom stereocenters. The second-order valence-electron chi connectivity index (χ2n) is 5.51. The van der Waals surface area contributed by atoms with Gasteiger partial charge >= 0.3 is 0 Å². The standard InChI is InChI=1S/C14H28OS/c1-4-12-7-5-6-8-14(12)15-9-13(10-16)11(2)3/h11-14,16H,4-10H2,1-3H3. The lowest BCUT2D eigenvalue weighted by Crippen LogP contribution is -2.30. The van der Waals surface area contributed by atoms with Gasteiger partial charge in [0.05, 0.1) is 12.7 Å². The van der Waals surface area contributed by atoms with Crippen LogP contribution in [0.3, 0.4) is 0 Å². The third-order valence-electron chi connectivity index (χ3n) is 4.07. The van der Waals surface area contributed by atoms with Gasteiger partial charge in [-0.15, -0.1) is 0 Å². The molecule has 96 valence electrons. The van der Waals surface area contributed by atoms with Crippen molar-refractivity contribution in [2.24, 2.45) is 17.8 Å². The van der Waals surface area contributed by atoms with E-state index in [0.29, 0.717) is 17.9 Å². The molecule has 3 unspecified atom stereocenters. The van der Waals surface area contributed by atoms with Crippen molar-refractivity contribution in [3.8, 4) is 0 Å². The van der Waals surface area contributed by atoms with Crippen molar-refractivity contribution >= 4 is 12.6 Å². The molecule has 0 aromatic carbocycles. The molecule has 0 radical (unpaired) electrons. The first-order chi connectivity index (χ1) is 7.69. The molecule has 1 nitrogen and oxygen atoms in total. The zero-order valence-corrected chi connectivity index (χ0v) is 12.0. The van der Waals surface area contributed by atoms with E-state index in [2.05, 4.69) is 33.4 Å². The monoisotopic (exact) mass is 244 g/mol. The molecule has 0 spiro atoms. The Hall–Kier alpha value is 0.310. The van der Waals surface area contributed by atoms with Crippen LogP contribution in [0.2, 0.25) is 0 Å². The van der Waals surface area contributed by atoms with Gasteiger partial charge in [-0.2, -0.15) is 12.6 Å². The van der Waals surface area contributed by atoms with Crippen LogP contribution in [0.5, 0.6) is 0 Å². The van der Waals surface area contributed by atoms with Crippen LogP contribution in [-0.2, 0) is 4.74 Å². The van der Waals surface area contributed by atoms with Crippen molar-refractivity contribution in [2.45, 2.75) is 59.0 Å². The molecular formula is C14H28OS. The van der Waals surface area contributed by atoms with Crippen LogP contribution >= 0.6 is 12.6 Å². The van der Waals surface area contributed by atoms with Gasteiger partial charge in [0.1, 0.15) is 0 Å². The van der Waals surface area contributed by atoms with Crippen LogP contribution in [0.15, 0.2) is 0 Å². The van der Waals surface area contributed by atoms with E-state index in [1.807, 2.05) is 0 Å². The van der Waals surface area contributed by atoms with E-state index in [0.717, 1.165) is 18.3 Å². The van der Waals surface area contributed by atoms with E-state index in [4.69, 9.17) is 4.74 Å². The van der Waals surface area contributed by atoms with Crippen LogP contribution in [0, 0.1) is 17.8 Å². The third kappa shape index (κ3) is 4.29. The topological polar surface area (TPSA) is 9.23 Å². The molecule has 0 amide bonds. The summed E-state index contributed by atoms with van der Waals surface area (Å²) in [5.41, 5.74) is 0. The molecule has 0 aromatic heterocycles. The van der Waals surface area contributed by atoms with Crippen molar-refractivity contribution in [3.05, 3.63) is 0 Å². The van der Waals surface area contributed by atoms with E-state index >= 15 is 0 Å². The van der Waals surface area contributed by atoms with E-state index in [1.54, 1.807) is 0 Å². The van der Waals surface area contributed by atoms with Crippen molar-refractivity contribution < 1.29 is 4.74 Å². The van der Waals surface area contributed by atoms with E-state index in [-0.39, 0.29) is 0 Å². The molecule has 1 aliphatic rings. The summed E-state index contributed by atoms with van der Waals surface area (Å²) >= 11 is 4.42. The second-order valence-corrected chi connectivity index (χ2v) is 5.88. The first kappa shape index (κ1) is 14.4. The number of ether oxygens (including phenoxy) is 1. The molecular weight excluding hydrogens is 216 g/mol. The maximum atomic E-state index is 6.15. The fourth-order valence-electron chi connectivity index (χ4n) is 2.56. The van der Waals surface area contributed by atoms with Gasteiger partial charge in [-0.1, -0.05) is 40.0 Å². The van der Waals surface area contributed by atoms with Gasteiger partial charge < -0.3 is 4.74 Å². The van der Waals surface area contributed by atoms with Crippen LogP contribution in [0.1, 0.15) is 52.9 Å². The highest BCUT2D eigenvalue weighted by Crippen LogP contribution is 2.29. The van der Waals surface area contributed by atoms with E-state index in [1.165, 1.54) is 32.1 Å². The van der Waals surface area contributed by atoms with Crippen LogP contribution < -0.4 is 0 Å². The molecule has 16 heavy (non-hydrogen) atoms. The van der Waals surface area contributed by atoms with Gasteiger partial charge in [-0.3, -0.25) is 0 Å². The Balaban J connectivity index is 2.34. The fraction of sp³-hybridized carbons (Fsp3) is 1.00. The summed E-state index contributed by atoms with van der Waals surface area (Å²) in [5.74, 6) is 3.05. The predicted octanol–water partition coefficient (Wildman–Crippen LogP) is 4.17. The van der Waals surface area contributed by atoms with Crippen molar-refractivity contribution in [1.82, 2.24) is 0 Å². The molecule has 1 rings (SSSR count). The van der Waals surface area contributed by atoms with Gasteiger partial charge in [0.2, 0.25) is 0 Å². The summed E-state index contributed by atoms with van der Waals surface area (Å²) in [6.07, 6.45) is 7.20. The summed E-state index contributed by atoms with van der Waals surface area (Å²) in [4.78, 5) is 0. The Kier molecular flexibility index (Phi) is 6.83. The summed E-state index contributed by atoms with van der Waals surface area (Å²) in [6.45, 7) is 7.73. The highest BCUT2D eigenvalue weighted by molar-refractivity contribution is 7.80. The van der Waals surface area contributed by atoms with Gasteiger partial charge in [0, 0.05) is 0 Å². The third-order valence-corrected chi connectivity index (χ3v) is 4.53. The second kappa shape index (κ2) is 7.60. The minimum Gasteiger partial charge on any atom is -0.378 e. The summed E-state index contributed by atoms with van der Waals surface area (Å²) < 4.78 is 6.15. The first-order valence-electron chi connectivity index (χ1n) is 6.91. The van der Waals surface area contributed by atoms with Crippen LogP contribution in [-0.4, -0.2) is 18.5 Å².